The van der Waals surface area contributed by atoms with Crippen LogP contribution in [0.2, 0.25) is 0 Å². The predicted molar refractivity (Wildman–Crippen MR) is 101 cm³/mol. The molecule has 2 N–H and O–H groups in total. The molecule has 1 rings (SSSR count). The molecule has 0 bridgehead atoms. The average molecular weight is 402 g/mol. The highest BCUT2D eigenvalue weighted by atomic mass is 35.5. The van der Waals surface area contributed by atoms with Crippen LogP contribution in [-0.4, -0.2) is 43.3 Å². The average Bonchev–Trinajstić information content (AvgIpc) is 2.58. The van der Waals surface area contributed by atoms with Crippen molar-refractivity contribution in [2.24, 2.45) is 17.6 Å². The van der Waals surface area contributed by atoms with Gasteiger partial charge in [-0.25, -0.2) is 0 Å². The van der Waals surface area contributed by atoms with E-state index in [0.29, 0.717) is 5.03 Å². The summed E-state index contributed by atoms with van der Waals surface area (Å²) in [6.45, 7) is 6.97. The van der Waals surface area contributed by atoms with Gasteiger partial charge < -0.3 is 19.9 Å². The van der Waals surface area contributed by atoms with E-state index >= 15 is 0 Å². The number of hydrogen-bond donors (Lipinski definition) is 1. The smallest absolute Gasteiger partial charge is 0.309 e. The summed E-state index contributed by atoms with van der Waals surface area (Å²) < 4.78 is 15.1. The molecule has 0 aromatic heterocycles. The van der Waals surface area contributed by atoms with E-state index in [1.54, 1.807) is 19.9 Å². The van der Waals surface area contributed by atoms with Gasteiger partial charge in [-0.2, -0.15) is 0 Å². The van der Waals surface area contributed by atoms with E-state index < -0.39 is 29.4 Å². The van der Waals surface area contributed by atoms with Crippen molar-refractivity contribution in [2.75, 3.05) is 19.8 Å². The van der Waals surface area contributed by atoms with E-state index in [1.165, 1.54) is 6.92 Å². The Morgan fingerprint density at radius 2 is 1.85 bits per heavy atom. The molecule has 0 heterocycles. The molecule has 27 heavy (non-hydrogen) atoms. The molecule has 0 radical (unpaired) electrons. The Labute approximate surface area is 164 Å². The van der Waals surface area contributed by atoms with Gasteiger partial charge in [0, 0.05) is 17.9 Å². The molecule has 2 unspecified atom stereocenters. The fourth-order valence-corrected chi connectivity index (χ4v) is 3.15. The van der Waals surface area contributed by atoms with Crippen molar-refractivity contribution in [3.63, 3.8) is 0 Å². The van der Waals surface area contributed by atoms with Gasteiger partial charge >= 0.3 is 17.9 Å². The zero-order valence-corrected chi connectivity index (χ0v) is 17.0. The zero-order valence-electron chi connectivity index (χ0n) is 16.2. The van der Waals surface area contributed by atoms with Gasteiger partial charge in [0.1, 0.15) is 6.61 Å². The van der Waals surface area contributed by atoms with Gasteiger partial charge in [0.15, 0.2) is 0 Å². The van der Waals surface area contributed by atoms with Gasteiger partial charge in [0.05, 0.1) is 31.1 Å². The molecular formula is C19H28ClNO6. The van der Waals surface area contributed by atoms with E-state index in [4.69, 9.17) is 31.5 Å². The van der Waals surface area contributed by atoms with Crippen LogP contribution in [-0.2, 0) is 28.6 Å². The first-order valence-corrected chi connectivity index (χ1v) is 9.34. The number of halogens is 1. The lowest BCUT2D eigenvalue weighted by molar-refractivity contribution is -0.154. The van der Waals surface area contributed by atoms with E-state index in [2.05, 4.69) is 0 Å². The second kappa shape index (κ2) is 10.5. The molecule has 0 saturated heterocycles. The maximum Gasteiger partial charge on any atom is 0.309 e. The summed E-state index contributed by atoms with van der Waals surface area (Å²) in [5, 5.41) is 0.326. The normalized spacial score (nSPS) is 23.0. The molecule has 8 heteroatoms. The minimum Gasteiger partial charge on any atom is -0.466 e. The van der Waals surface area contributed by atoms with Crippen LogP contribution in [0.3, 0.4) is 0 Å². The molecule has 0 aliphatic heterocycles. The third kappa shape index (κ3) is 6.66. The number of hydrogen-bond acceptors (Lipinski definition) is 7. The van der Waals surface area contributed by atoms with Crippen LogP contribution in [0.15, 0.2) is 22.8 Å². The Hall–Kier alpha value is -1.86. The summed E-state index contributed by atoms with van der Waals surface area (Å²) >= 11 is 6.37. The summed E-state index contributed by atoms with van der Waals surface area (Å²) in [5.74, 6) is -2.29. The number of allylic oxidation sites excluding steroid dienone is 2. The highest BCUT2D eigenvalue weighted by Gasteiger charge is 2.39. The molecule has 1 aliphatic rings. The molecule has 0 aromatic rings. The van der Waals surface area contributed by atoms with Gasteiger partial charge in [0.2, 0.25) is 0 Å². The Kier molecular flexibility index (Phi) is 8.99. The molecule has 0 fully saturated rings. The van der Waals surface area contributed by atoms with E-state index in [1.807, 2.05) is 13.0 Å². The summed E-state index contributed by atoms with van der Waals surface area (Å²) in [5.41, 5.74) is 6.06. The molecule has 0 aromatic carbocycles. The standard InChI is InChI=1S/C19H28ClNO6/c1-5-25-17(23)10-15(18(24)26-6-2)8-14-7-12(3)19(21,16(20)9-14)11-27-13(4)22/h7,9,12,15H,5-6,8,10-11,21H2,1-4H3/t12?,15-,19?/m0/s1. The highest BCUT2D eigenvalue weighted by molar-refractivity contribution is 6.31. The third-order valence-electron chi connectivity index (χ3n) is 4.37. The first-order chi connectivity index (χ1) is 12.6. The van der Waals surface area contributed by atoms with Gasteiger partial charge in [0.25, 0.3) is 0 Å². The predicted octanol–water partition coefficient (Wildman–Crippen LogP) is 2.47. The molecular weight excluding hydrogens is 374 g/mol. The lowest BCUT2D eigenvalue weighted by Gasteiger charge is -2.36. The van der Waals surface area contributed by atoms with Gasteiger partial charge in [-0.15, -0.1) is 0 Å². The lowest BCUT2D eigenvalue weighted by atomic mass is 9.79. The topological polar surface area (TPSA) is 105 Å². The van der Waals surface area contributed by atoms with Crippen molar-refractivity contribution in [1.29, 1.82) is 0 Å². The number of rotatable bonds is 9. The SMILES string of the molecule is CCOC(=O)C[C@H](CC1=CC(C)C(N)(COC(C)=O)C(Cl)=C1)C(=O)OCC. The van der Waals surface area contributed by atoms with Crippen LogP contribution in [0.5, 0.6) is 0 Å². The van der Waals surface area contributed by atoms with Crippen LogP contribution >= 0.6 is 11.6 Å². The first kappa shape index (κ1) is 23.2. The van der Waals surface area contributed by atoms with Crippen molar-refractivity contribution in [3.8, 4) is 0 Å². The van der Waals surface area contributed by atoms with Crippen LogP contribution in [0.1, 0.15) is 40.5 Å². The van der Waals surface area contributed by atoms with Crippen LogP contribution < -0.4 is 5.73 Å². The number of carbonyl (C=O) groups is 3. The Bertz CT molecular complexity index is 630. The van der Waals surface area contributed by atoms with Gasteiger partial charge in [-0.1, -0.05) is 24.6 Å². The van der Waals surface area contributed by atoms with Crippen LogP contribution in [0.4, 0.5) is 0 Å². The maximum absolute atomic E-state index is 12.2. The maximum atomic E-state index is 12.2. The van der Waals surface area contributed by atoms with E-state index in [0.717, 1.165) is 5.57 Å². The largest absolute Gasteiger partial charge is 0.466 e. The summed E-state index contributed by atoms with van der Waals surface area (Å²) in [6.07, 6.45) is 3.71. The number of ether oxygens (including phenoxy) is 3. The molecule has 0 amide bonds. The Balaban J connectivity index is 2.94. The van der Waals surface area contributed by atoms with Crippen molar-refractivity contribution in [3.05, 3.63) is 22.8 Å². The summed E-state index contributed by atoms with van der Waals surface area (Å²) in [4.78, 5) is 35.2. The molecule has 7 nitrogen and oxygen atoms in total. The Morgan fingerprint density at radius 1 is 1.22 bits per heavy atom. The number of nitrogens with two attached hydrogens (primary N) is 1. The molecule has 0 saturated carbocycles. The first-order valence-electron chi connectivity index (χ1n) is 8.96. The van der Waals surface area contributed by atoms with Gasteiger partial charge in [-0.05, 0) is 31.9 Å². The van der Waals surface area contributed by atoms with Crippen LogP contribution in [0.25, 0.3) is 0 Å². The lowest BCUT2D eigenvalue weighted by Crippen LogP contribution is -2.51. The van der Waals surface area contributed by atoms with Crippen molar-refractivity contribution < 1.29 is 28.6 Å². The van der Waals surface area contributed by atoms with E-state index in [-0.39, 0.29) is 38.6 Å². The van der Waals surface area contributed by atoms with Gasteiger partial charge in [-0.3, -0.25) is 14.4 Å². The number of esters is 3. The van der Waals surface area contributed by atoms with Crippen molar-refractivity contribution in [2.45, 2.75) is 46.1 Å². The molecule has 0 spiro atoms. The minimum atomic E-state index is -1.03. The van der Waals surface area contributed by atoms with E-state index in [9.17, 15) is 14.4 Å². The van der Waals surface area contributed by atoms with Crippen molar-refractivity contribution in [1.82, 2.24) is 0 Å². The van der Waals surface area contributed by atoms with Crippen molar-refractivity contribution >= 4 is 29.5 Å². The zero-order chi connectivity index (χ0) is 20.6. The Morgan fingerprint density at radius 3 is 2.37 bits per heavy atom. The second-order valence-electron chi connectivity index (χ2n) is 6.51. The molecule has 3 atom stereocenters. The fraction of sp³-hybridized carbons (Fsp3) is 0.632. The third-order valence-corrected chi connectivity index (χ3v) is 4.83. The fourth-order valence-electron chi connectivity index (χ4n) is 2.79. The highest BCUT2D eigenvalue weighted by Crippen LogP contribution is 2.36. The minimum absolute atomic E-state index is 0.0489. The molecule has 152 valence electrons. The summed E-state index contributed by atoms with van der Waals surface area (Å²) in [7, 11) is 0. The molecule has 1 aliphatic carbocycles. The second-order valence-corrected chi connectivity index (χ2v) is 6.91. The quantitative estimate of drug-likeness (QED) is 0.467. The number of carbonyl (C=O) groups excluding carboxylic acids is 3. The monoisotopic (exact) mass is 401 g/mol. The summed E-state index contributed by atoms with van der Waals surface area (Å²) in [6, 6.07) is 0. The van der Waals surface area contributed by atoms with Crippen LogP contribution in [0, 0.1) is 11.8 Å².